The van der Waals surface area contributed by atoms with Crippen molar-refractivity contribution in [3.8, 4) is 0 Å². The van der Waals surface area contributed by atoms with Gasteiger partial charge in [-0.1, -0.05) is 0 Å². The molecule has 1 amide bonds. The largest absolute Gasteiger partial charge is 0.452 e. The molecule has 0 atom stereocenters. The van der Waals surface area contributed by atoms with Crippen LogP contribution in [0.1, 0.15) is 24.2 Å². The third-order valence-corrected chi connectivity index (χ3v) is 2.37. The molecule has 0 bridgehead atoms. The van der Waals surface area contributed by atoms with Crippen LogP contribution < -0.4 is 0 Å². The summed E-state index contributed by atoms with van der Waals surface area (Å²) >= 11 is 5.56. The molecule has 1 aromatic rings. The second-order valence-electron chi connectivity index (χ2n) is 3.75. The van der Waals surface area contributed by atoms with Gasteiger partial charge in [-0.15, -0.1) is 0 Å². The molecule has 3 nitrogen and oxygen atoms in total. The monoisotopic (exact) mass is 269 g/mol. The Morgan fingerprint density at radius 3 is 2.47 bits per heavy atom. The minimum Gasteiger partial charge on any atom is -0.452 e. The lowest BCUT2D eigenvalue weighted by Gasteiger charge is -2.27. The van der Waals surface area contributed by atoms with Crippen LogP contribution in [0.3, 0.4) is 0 Å². The summed E-state index contributed by atoms with van der Waals surface area (Å²) in [4.78, 5) is 12.5. The predicted octanol–water partition coefficient (Wildman–Crippen LogP) is 3.35. The fourth-order valence-corrected chi connectivity index (χ4v) is 1.48. The van der Waals surface area contributed by atoms with Crippen LogP contribution in [-0.4, -0.2) is 29.6 Å². The fourth-order valence-electron chi connectivity index (χ4n) is 1.28. The number of hydrogen-bond donors (Lipinski definition) is 0. The van der Waals surface area contributed by atoms with Gasteiger partial charge in [0, 0.05) is 6.04 Å². The fraction of sp³-hybridized carbons (Fsp3) is 0.500. The number of amides is 1. The third-order valence-electron chi connectivity index (χ3n) is 2.08. The Balaban J connectivity index is 2.93. The standard InChI is InChI=1S/C10H11ClF3NO2/c1-6(2)15(5-10(12,13)14)9(16)7-3-4-17-8(7)11/h3-4,6H,5H2,1-2H3. The highest BCUT2D eigenvalue weighted by Gasteiger charge is 2.35. The number of halogens is 4. The van der Waals surface area contributed by atoms with Crippen LogP contribution in [0.25, 0.3) is 0 Å². The summed E-state index contributed by atoms with van der Waals surface area (Å²) in [5, 5.41) is -0.206. The smallest absolute Gasteiger partial charge is 0.406 e. The van der Waals surface area contributed by atoms with Crippen molar-refractivity contribution in [3.05, 3.63) is 23.1 Å². The van der Waals surface area contributed by atoms with E-state index in [1.54, 1.807) is 0 Å². The molecule has 0 unspecified atom stereocenters. The number of carbonyl (C=O) groups is 1. The summed E-state index contributed by atoms with van der Waals surface area (Å²) in [5.74, 6) is -0.795. The van der Waals surface area contributed by atoms with Gasteiger partial charge in [-0.2, -0.15) is 13.2 Å². The van der Waals surface area contributed by atoms with Crippen molar-refractivity contribution < 1.29 is 22.4 Å². The zero-order valence-electron chi connectivity index (χ0n) is 9.21. The van der Waals surface area contributed by atoms with Crippen molar-refractivity contribution in [2.75, 3.05) is 6.54 Å². The lowest BCUT2D eigenvalue weighted by Crippen LogP contribution is -2.43. The molecule has 1 heterocycles. The summed E-state index contributed by atoms with van der Waals surface area (Å²) < 4.78 is 41.6. The average Bonchev–Trinajstić information content (AvgIpc) is 2.58. The maximum Gasteiger partial charge on any atom is 0.406 e. The molecule has 0 aliphatic rings. The van der Waals surface area contributed by atoms with E-state index >= 15 is 0 Å². The van der Waals surface area contributed by atoms with Crippen LogP contribution in [0.15, 0.2) is 16.7 Å². The van der Waals surface area contributed by atoms with Crippen LogP contribution in [-0.2, 0) is 0 Å². The molecule has 0 N–H and O–H groups in total. The topological polar surface area (TPSA) is 33.5 Å². The van der Waals surface area contributed by atoms with Gasteiger partial charge in [0.1, 0.15) is 6.54 Å². The zero-order chi connectivity index (χ0) is 13.2. The number of alkyl halides is 3. The third kappa shape index (κ3) is 3.66. The van der Waals surface area contributed by atoms with Crippen LogP contribution >= 0.6 is 11.6 Å². The molecule has 0 aliphatic heterocycles. The second kappa shape index (κ2) is 5.00. The molecule has 1 aromatic heterocycles. The van der Waals surface area contributed by atoms with Crippen molar-refractivity contribution in [3.63, 3.8) is 0 Å². The van der Waals surface area contributed by atoms with E-state index in [0.29, 0.717) is 4.90 Å². The Kier molecular flexibility index (Phi) is 4.08. The van der Waals surface area contributed by atoms with E-state index in [1.165, 1.54) is 19.9 Å². The van der Waals surface area contributed by atoms with Gasteiger partial charge >= 0.3 is 6.18 Å². The molecule has 17 heavy (non-hydrogen) atoms. The van der Waals surface area contributed by atoms with Crippen LogP contribution in [0.5, 0.6) is 0 Å². The van der Waals surface area contributed by atoms with Gasteiger partial charge in [-0.05, 0) is 31.5 Å². The molecule has 96 valence electrons. The van der Waals surface area contributed by atoms with Gasteiger partial charge < -0.3 is 9.32 Å². The molecule has 0 fully saturated rings. The first kappa shape index (κ1) is 13.9. The maximum absolute atomic E-state index is 12.3. The first-order valence-electron chi connectivity index (χ1n) is 4.83. The van der Waals surface area contributed by atoms with Gasteiger partial charge in [0.2, 0.25) is 5.22 Å². The number of hydrogen-bond acceptors (Lipinski definition) is 2. The second-order valence-corrected chi connectivity index (χ2v) is 4.09. The van der Waals surface area contributed by atoms with Gasteiger partial charge in [0.05, 0.1) is 11.8 Å². The number of nitrogens with zero attached hydrogens (tertiary/aromatic N) is 1. The van der Waals surface area contributed by atoms with Gasteiger partial charge in [0.15, 0.2) is 0 Å². The van der Waals surface area contributed by atoms with Crippen molar-refractivity contribution >= 4 is 17.5 Å². The van der Waals surface area contributed by atoms with E-state index in [1.807, 2.05) is 0 Å². The first-order chi connectivity index (χ1) is 7.72. The maximum atomic E-state index is 12.3. The number of furan rings is 1. The molecule has 0 aliphatic carbocycles. The zero-order valence-corrected chi connectivity index (χ0v) is 9.97. The molecule has 7 heteroatoms. The lowest BCUT2D eigenvalue weighted by molar-refractivity contribution is -0.143. The van der Waals surface area contributed by atoms with E-state index in [-0.39, 0.29) is 10.8 Å². The Morgan fingerprint density at radius 1 is 1.53 bits per heavy atom. The summed E-state index contributed by atoms with van der Waals surface area (Å²) in [6.07, 6.45) is -3.29. The van der Waals surface area contributed by atoms with E-state index in [9.17, 15) is 18.0 Å². The molecule has 0 saturated carbocycles. The Bertz CT molecular complexity index is 401. The first-order valence-corrected chi connectivity index (χ1v) is 5.21. The molecule has 1 rings (SSSR count). The Morgan fingerprint density at radius 2 is 2.12 bits per heavy atom. The molecule has 0 saturated heterocycles. The van der Waals surface area contributed by atoms with Gasteiger partial charge in [-0.25, -0.2) is 0 Å². The minimum atomic E-state index is -4.45. The predicted molar refractivity (Wildman–Crippen MR) is 55.9 cm³/mol. The lowest BCUT2D eigenvalue weighted by atomic mass is 10.2. The van der Waals surface area contributed by atoms with Gasteiger partial charge in [-0.3, -0.25) is 4.79 Å². The van der Waals surface area contributed by atoms with Crippen LogP contribution in [0, 0.1) is 0 Å². The van der Waals surface area contributed by atoms with Crippen molar-refractivity contribution in [1.29, 1.82) is 0 Å². The van der Waals surface area contributed by atoms with E-state index in [2.05, 4.69) is 4.42 Å². The molecule has 0 spiro atoms. The highest BCUT2D eigenvalue weighted by Crippen LogP contribution is 2.23. The summed E-state index contributed by atoms with van der Waals surface area (Å²) in [6.45, 7) is 1.68. The van der Waals surface area contributed by atoms with E-state index in [4.69, 9.17) is 11.6 Å². The van der Waals surface area contributed by atoms with Crippen molar-refractivity contribution in [2.24, 2.45) is 0 Å². The van der Waals surface area contributed by atoms with E-state index < -0.39 is 24.7 Å². The highest BCUT2D eigenvalue weighted by atomic mass is 35.5. The normalized spacial score (nSPS) is 11.9. The van der Waals surface area contributed by atoms with Gasteiger partial charge in [0.25, 0.3) is 5.91 Å². The van der Waals surface area contributed by atoms with E-state index in [0.717, 1.165) is 6.26 Å². The average molecular weight is 270 g/mol. The molecular weight excluding hydrogens is 259 g/mol. The number of carbonyl (C=O) groups excluding carboxylic acids is 1. The number of rotatable bonds is 3. The molecule has 0 radical (unpaired) electrons. The van der Waals surface area contributed by atoms with Crippen LogP contribution in [0.2, 0.25) is 5.22 Å². The Hall–Kier alpha value is -1.17. The highest BCUT2D eigenvalue weighted by molar-refractivity contribution is 6.32. The quantitative estimate of drug-likeness (QED) is 0.843. The van der Waals surface area contributed by atoms with Crippen molar-refractivity contribution in [2.45, 2.75) is 26.1 Å². The SMILES string of the molecule is CC(C)N(CC(F)(F)F)C(=O)c1ccoc1Cl. The summed E-state index contributed by atoms with van der Waals surface area (Å²) in [7, 11) is 0. The molecule has 0 aromatic carbocycles. The Labute approximate surface area is 101 Å². The minimum absolute atomic E-state index is 0.0652. The summed E-state index contributed by atoms with van der Waals surface area (Å²) in [6, 6.07) is 0.659. The summed E-state index contributed by atoms with van der Waals surface area (Å²) in [5.41, 5.74) is -0.0652. The molecular formula is C10H11ClF3NO2. The van der Waals surface area contributed by atoms with Crippen molar-refractivity contribution in [1.82, 2.24) is 4.90 Å². The van der Waals surface area contributed by atoms with Crippen LogP contribution in [0.4, 0.5) is 13.2 Å².